The summed E-state index contributed by atoms with van der Waals surface area (Å²) in [6.07, 6.45) is 0. The summed E-state index contributed by atoms with van der Waals surface area (Å²) in [5.41, 5.74) is 5.23. The lowest BCUT2D eigenvalue weighted by Crippen LogP contribution is -2.42. The molecule has 0 radical (unpaired) electrons. The minimum Gasteiger partial charge on any atom is -0.494 e. The number of thiophene rings is 1. The minimum atomic E-state index is -0.374. The van der Waals surface area contributed by atoms with Gasteiger partial charge in [-0.2, -0.15) is 0 Å². The number of ether oxygens (including phenoxy) is 1. The highest BCUT2D eigenvalue weighted by Gasteiger charge is 2.08. The van der Waals surface area contributed by atoms with Crippen LogP contribution in [0, 0.1) is 0 Å². The molecule has 0 aliphatic carbocycles. The molecule has 0 aliphatic heterocycles. The smallest absolute Gasteiger partial charge is 0.269 e. The van der Waals surface area contributed by atoms with Gasteiger partial charge in [0.2, 0.25) is 5.91 Å². The Hall–Kier alpha value is -1.70. The maximum Gasteiger partial charge on any atom is 0.269 e. The average molecular weight is 385 g/mol. The highest BCUT2D eigenvalue weighted by Crippen LogP contribution is 2.24. The van der Waals surface area contributed by atoms with Crippen molar-refractivity contribution in [1.29, 1.82) is 0 Å². The molecule has 0 atom stereocenters. The summed E-state index contributed by atoms with van der Waals surface area (Å²) in [6.45, 7) is 2.46. The topological polar surface area (TPSA) is 67.4 Å². The maximum absolute atomic E-state index is 11.9. The molecule has 2 N–H and O–H groups in total. The van der Waals surface area contributed by atoms with E-state index in [4.69, 9.17) is 16.3 Å². The number of amides is 2. The lowest BCUT2D eigenvalue weighted by Gasteiger charge is -2.08. The van der Waals surface area contributed by atoms with E-state index < -0.39 is 0 Å². The monoisotopic (exact) mass is 384 g/mol. The first kappa shape index (κ1) is 18.6. The van der Waals surface area contributed by atoms with Crippen LogP contribution in [0.25, 0.3) is 0 Å². The fourth-order valence-electron chi connectivity index (χ4n) is 1.78. The second kappa shape index (κ2) is 9.56. The third-order valence-corrected chi connectivity index (χ3v) is 5.24. The van der Waals surface area contributed by atoms with E-state index in [1.165, 1.54) is 23.1 Å². The number of hydrazine groups is 1. The number of rotatable bonds is 7. The van der Waals surface area contributed by atoms with Crippen LogP contribution in [0.15, 0.2) is 36.4 Å². The zero-order valence-electron chi connectivity index (χ0n) is 13.0. The molecule has 0 saturated heterocycles. The van der Waals surface area contributed by atoms with E-state index in [2.05, 4.69) is 10.9 Å². The van der Waals surface area contributed by atoms with Gasteiger partial charge in [-0.15, -0.1) is 23.1 Å². The molecule has 2 aromatic rings. The summed E-state index contributed by atoms with van der Waals surface area (Å²) in [5, 5.41) is 0. The number of benzene rings is 1. The predicted octanol–water partition coefficient (Wildman–Crippen LogP) is 3.49. The molecule has 128 valence electrons. The minimum absolute atomic E-state index is 0.249. The average Bonchev–Trinajstić information content (AvgIpc) is 2.99. The largest absolute Gasteiger partial charge is 0.494 e. The Morgan fingerprint density at radius 1 is 1.17 bits per heavy atom. The van der Waals surface area contributed by atoms with E-state index in [9.17, 15) is 9.59 Å². The number of hydrogen-bond acceptors (Lipinski definition) is 5. The number of carbonyl (C=O) groups excluding carboxylic acids is 2. The van der Waals surface area contributed by atoms with Gasteiger partial charge in [0, 0.05) is 16.2 Å². The molecule has 0 saturated carbocycles. The van der Waals surface area contributed by atoms with Gasteiger partial charge in [-0.05, 0) is 43.3 Å². The number of thioether (sulfide) groups is 1. The summed E-state index contributed by atoms with van der Waals surface area (Å²) in [5.74, 6) is 1.02. The van der Waals surface area contributed by atoms with Crippen LogP contribution >= 0.6 is 34.7 Å². The molecule has 0 fully saturated rings. The van der Waals surface area contributed by atoms with Gasteiger partial charge >= 0.3 is 0 Å². The van der Waals surface area contributed by atoms with Gasteiger partial charge in [-0.25, -0.2) is 0 Å². The van der Waals surface area contributed by atoms with Crippen molar-refractivity contribution in [1.82, 2.24) is 10.9 Å². The van der Waals surface area contributed by atoms with Gasteiger partial charge in [-0.1, -0.05) is 11.6 Å². The summed E-state index contributed by atoms with van der Waals surface area (Å²) in [4.78, 5) is 24.8. The van der Waals surface area contributed by atoms with Crippen LogP contribution in [0.2, 0.25) is 4.34 Å². The normalized spacial score (nSPS) is 10.2. The molecule has 1 heterocycles. The zero-order chi connectivity index (χ0) is 17.4. The highest BCUT2D eigenvalue weighted by molar-refractivity contribution is 7.99. The maximum atomic E-state index is 11.9. The van der Waals surface area contributed by atoms with Crippen molar-refractivity contribution >= 4 is 46.5 Å². The van der Waals surface area contributed by atoms with E-state index in [0.29, 0.717) is 23.7 Å². The molecular formula is C16H17ClN2O3S2. The van der Waals surface area contributed by atoms with E-state index in [-0.39, 0.29) is 17.6 Å². The molecule has 0 bridgehead atoms. The van der Waals surface area contributed by atoms with Crippen molar-refractivity contribution in [3.63, 3.8) is 0 Å². The predicted molar refractivity (Wildman–Crippen MR) is 98.7 cm³/mol. The molecule has 0 aliphatic rings. The molecule has 2 amide bonds. The van der Waals surface area contributed by atoms with Crippen LogP contribution in [0.4, 0.5) is 0 Å². The van der Waals surface area contributed by atoms with Gasteiger partial charge in [0.25, 0.3) is 5.91 Å². The SMILES string of the molecule is CCOc1ccc(C(=O)NNC(=O)CSCc2ccc(Cl)s2)cc1. The molecule has 24 heavy (non-hydrogen) atoms. The summed E-state index contributed by atoms with van der Waals surface area (Å²) < 4.78 is 6.04. The first-order chi connectivity index (χ1) is 11.6. The van der Waals surface area contributed by atoms with E-state index in [1.807, 2.05) is 19.1 Å². The Labute approximate surface area is 153 Å². The van der Waals surface area contributed by atoms with Gasteiger partial charge in [-0.3, -0.25) is 20.4 Å². The van der Waals surface area contributed by atoms with Crippen LogP contribution < -0.4 is 15.6 Å². The second-order valence-electron chi connectivity index (χ2n) is 4.66. The molecule has 8 heteroatoms. The Morgan fingerprint density at radius 3 is 2.54 bits per heavy atom. The van der Waals surface area contributed by atoms with Crippen molar-refractivity contribution < 1.29 is 14.3 Å². The van der Waals surface area contributed by atoms with Gasteiger partial charge < -0.3 is 4.74 Å². The number of carbonyl (C=O) groups is 2. The van der Waals surface area contributed by atoms with Crippen LogP contribution in [-0.4, -0.2) is 24.2 Å². The molecule has 0 spiro atoms. The molecule has 1 aromatic heterocycles. The Kier molecular flexibility index (Phi) is 7.42. The highest BCUT2D eigenvalue weighted by atomic mass is 35.5. The molecule has 2 rings (SSSR count). The third kappa shape index (κ3) is 6.07. The summed E-state index contributed by atoms with van der Waals surface area (Å²) in [6, 6.07) is 10.5. The van der Waals surface area contributed by atoms with Gasteiger partial charge in [0.1, 0.15) is 5.75 Å². The van der Waals surface area contributed by atoms with Crippen LogP contribution in [0.5, 0.6) is 5.75 Å². The van der Waals surface area contributed by atoms with Crippen LogP contribution in [0.3, 0.4) is 0 Å². The number of nitrogens with one attached hydrogen (secondary N) is 2. The first-order valence-electron chi connectivity index (χ1n) is 7.22. The standard InChI is InChI=1S/C16H17ClN2O3S2/c1-2-22-12-5-3-11(4-6-12)16(21)19-18-15(20)10-23-9-13-7-8-14(17)24-13/h3-8H,2,9-10H2,1H3,(H,18,20)(H,19,21). The fraction of sp³-hybridized carbons (Fsp3) is 0.250. The van der Waals surface area contributed by atoms with E-state index >= 15 is 0 Å². The molecule has 0 unspecified atom stereocenters. The lowest BCUT2D eigenvalue weighted by atomic mass is 10.2. The van der Waals surface area contributed by atoms with Gasteiger partial charge in [0.15, 0.2) is 0 Å². The van der Waals surface area contributed by atoms with Crippen molar-refractivity contribution in [2.45, 2.75) is 12.7 Å². The second-order valence-corrected chi connectivity index (χ2v) is 7.44. The molecule has 5 nitrogen and oxygen atoms in total. The summed E-state index contributed by atoms with van der Waals surface area (Å²) in [7, 11) is 0. The third-order valence-electron chi connectivity index (χ3n) is 2.85. The lowest BCUT2D eigenvalue weighted by molar-refractivity contribution is -0.119. The quantitative estimate of drug-likeness (QED) is 0.717. The summed E-state index contributed by atoms with van der Waals surface area (Å²) >= 11 is 8.79. The van der Waals surface area contributed by atoms with Crippen molar-refractivity contribution in [2.75, 3.05) is 12.4 Å². The van der Waals surface area contributed by atoms with Gasteiger partial charge in [0.05, 0.1) is 16.7 Å². The Bertz CT molecular complexity index is 689. The zero-order valence-corrected chi connectivity index (χ0v) is 15.4. The Morgan fingerprint density at radius 2 is 1.92 bits per heavy atom. The fourth-order valence-corrected chi connectivity index (χ4v) is 3.80. The van der Waals surface area contributed by atoms with Crippen LogP contribution in [-0.2, 0) is 10.5 Å². The molecule has 1 aromatic carbocycles. The van der Waals surface area contributed by atoms with Crippen molar-refractivity contribution in [3.8, 4) is 5.75 Å². The van der Waals surface area contributed by atoms with Crippen LogP contribution in [0.1, 0.15) is 22.2 Å². The van der Waals surface area contributed by atoms with Crippen molar-refractivity contribution in [2.24, 2.45) is 0 Å². The van der Waals surface area contributed by atoms with E-state index in [0.717, 1.165) is 9.21 Å². The number of halogens is 1. The molecular weight excluding hydrogens is 368 g/mol. The van der Waals surface area contributed by atoms with E-state index in [1.54, 1.807) is 24.3 Å². The first-order valence-corrected chi connectivity index (χ1v) is 9.57. The Balaban J connectivity index is 1.69. The number of hydrogen-bond donors (Lipinski definition) is 2. The van der Waals surface area contributed by atoms with Crippen molar-refractivity contribution in [3.05, 3.63) is 51.2 Å².